The van der Waals surface area contributed by atoms with Crippen LogP contribution in [0.4, 0.5) is 0 Å². The van der Waals surface area contributed by atoms with Crippen molar-refractivity contribution in [2.45, 2.75) is 24.3 Å². The lowest BCUT2D eigenvalue weighted by Gasteiger charge is -2.49. The van der Waals surface area contributed by atoms with Gasteiger partial charge in [-0.05, 0) is 30.2 Å². The van der Waals surface area contributed by atoms with E-state index in [-0.39, 0.29) is 10.8 Å². The number of rotatable bonds is 4. The van der Waals surface area contributed by atoms with Gasteiger partial charge in [-0.25, -0.2) is 8.42 Å². The van der Waals surface area contributed by atoms with Gasteiger partial charge in [0.25, 0.3) is 0 Å². The summed E-state index contributed by atoms with van der Waals surface area (Å²) in [4.78, 5) is 0.277. The van der Waals surface area contributed by atoms with Crippen molar-refractivity contribution in [1.82, 2.24) is 4.31 Å². The lowest BCUT2D eigenvalue weighted by atomic mass is 9.82. The SMILES string of the molecule is COc1ccc(S(=O)(=O)N2CC(N)(C(C)C)C2)cc1. The molecular weight excluding hydrogens is 264 g/mol. The van der Waals surface area contributed by atoms with Gasteiger partial charge in [-0.3, -0.25) is 0 Å². The molecule has 1 fully saturated rings. The molecular formula is C13H20N2O3S. The summed E-state index contributed by atoms with van der Waals surface area (Å²) in [7, 11) is -1.89. The van der Waals surface area contributed by atoms with Crippen molar-refractivity contribution in [1.29, 1.82) is 0 Å². The van der Waals surface area contributed by atoms with E-state index in [4.69, 9.17) is 10.5 Å². The molecule has 2 rings (SSSR count). The molecule has 1 aromatic carbocycles. The number of hydrogen-bond donors (Lipinski definition) is 1. The molecule has 0 radical (unpaired) electrons. The van der Waals surface area contributed by atoms with E-state index in [1.807, 2.05) is 13.8 Å². The van der Waals surface area contributed by atoms with E-state index in [0.29, 0.717) is 18.8 Å². The third-order valence-corrected chi connectivity index (χ3v) is 5.59. The summed E-state index contributed by atoms with van der Waals surface area (Å²) in [5.41, 5.74) is 5.73. The first kappa shape index (κ1) is 14.3. The highest BCUT2D eigenvalue weighted by molar-refractivity contribution is 7.89. The predicted molar refractivity (Wildman–Crippen MR) is 73.5 cm³/mol. The molecule has 0 bridgehead atoms. The zero-order chi connectivity index (χ0) is 14.3. The van der Waals surface area contributed by atoms with E-state index >= 15 is 0 Å². The Kier molecular flexibility index (Phi) is 3.59. The van der Waals surface area contributed by atoms with Crippen molar-refractivity contribution < 1.29 is 13.2 Å². The predicted octanol–water partition coefficient (Wildman–Crippen LogP) is 1.05. The lowest BCUT2D eigenvalue weighted by molar-refractivity contribution is 0.110. The van der Waals surface area contributed by atoms with Crippen molar-refractivity contribution in [3.8, 4) is 5.75 Å². The molecule has 0 amide bonds. The normalized spacial score (nSPS) is 19.2. The van der Waals surface area contributed by atoms with Gasteiger partial charge in [0, 0.05) is 18.6 Å². The quantitative estimate of drug-likeness (QED) is 0.897. The first-order valence-electron chi connectivity index (χ1n) is 6.23. The smallest absolute Gasteiger partial charge is 0.243 e. The summed E-state index contributed by atoms with van der Waals surface area (Å²) in [6.45, 7) is 4.77. The fraction of sp³-hybridized carbons (Fsp3) is 0.538. The Labute approximate surface area is 114 Å². The summed E-state index contributed by atoms with van der Waals surface area (Å²) in [5, 5.41) is 0. The Balaban J connectivity index is 2.16. The van der Waals surface area contributed by atoms with Crippen LogP contribution in [0.2, 0.25) is 0 Å². The van der Waals surface area contributed by atoms with Crippen LogP contribution >= 0.6 is 0 Å². The van der Waals surface area contributed by atoms with Gasteiger partial charge < -0.3 is 10.5 Å². The summed E-state index contributed by atoms with van der Waals surface area (Å²) in [6, 6.07) is 6.40. The molecule has 0 saturated carbocycles. The standard InChI is InChI=1S/C13H20N2O3S/c1-10(2)13(14)8-15(9-13)19(16,17)12-6-4-11(18-3)5-7-12/h4-7,10H,8-9,14H2,1-3H3. The van der Waals surface area contributed by atoms with E-state index in [1.54, 1.807) is 31.4 Å². The third-order valence-electron chi connectivity index (χ3n) is 3.79. The van der Waals surface area contributed by atoms with E-state index in [0.717, 1.165) is 0 Å². The molecule has 106 valence electrons. The number of hydrogen-bond acceptors (Lipinski definition) is 4. The van der Waals surface area contributed by atoms with Gasteiger partial charge in [0.2, 0.25) is 10.0 Å². The first-order chi connectivity index (χ1) is 8.79. The summed E-state index contributed by atoms with van der Waals surface area (Å²) < 4.78 is 31.2. The van der Waals surface area contributed by atoms with Gasteiger partial charge in [0.05, 0.1) is 12.0 Å². The maximum atomic E-state index is 12.4. The molecule has 0 aromatic heterocycles. The minimum absolute atomic E-state index is 0.259. The second kappa shape index (κ2) is 4.77. The van der Waals surface area contributed by atoms with Crippen LogP contribution in [0.5, 0.6) is 5.75 Å². The number of nitrogens with two attached hydrogens (primary N) is 1. The monoisotopic (exact) mass is 284 g/mol. The van der Waals surface area contributed by atoms with Crippen LogP contribution in [0.25, 0.3) is 0 Å². The van der Waals surface area contributed by atoms with Crippen LogP contribution < -0.4 is 10.5 Å². The molecule has 0 spiro atoms. The van der Waals surface area contributed by atoms with Gasteiger partial charge in [0.15, 0.2) is 0 Å². The van der Waals surface area contributed by atoms with E-state index in [1.165, 1.54) is 4.31 Å². The van der Waals surface area contributed by atoms with Crippen molar-refractivity contribution >= 4 is 10.0 Å². The average molecular weight is 284 g/mol. The molecule has 1 aromatic rings. The molecule has 1 heterocycles. The molecule has 5 nitrogen and oxygen atoms in total. The highest BCUT2D eigenvalue weighted by Gasteiger charge is 2.47. The zero-order valence-corrected chi connectivity index (χ0v) is 12.3. The molecule has 0 atom stereocenters. The first-order valence-corrected chi connectivity index (χ1v) is 7.67. The lowest BCUT2D eigenvalue weighted by Crippen LogP contribution is -2.70. The Morgan fingerprint density at radius 2 is 1.79 bits per heavy atom. The largest absolute Gasteiger partial charge is 0.497 e. The van der Waals surface area contributed by atoms with Crippen LogP contribution in [-0.2, 0) is 10.0 Å². The second-order valence-electron chi connectivity index (χ2n) is 5.34. The maximum Gasteiger partial charge on any atom is 0.243 e. The van der Waals surface area contributed by atoms with Crippen LogP contribution in [0.3, 0.4) is 0 Å². The van der Waals surface area contributed by atoms with Crippen molar-refractivity contribution in [2.75, 3.05) is 20.2 Å². The number of methoxy groups -OCH3 is 1. The van der Waals surface area contributed by atoms with Crippen molar-refractivity contribution in [3.63, 3.8) is 0 Å². The minimum Gasteiger partial charge on any atom is -0.497 e. The topological polar surface area (TPSA) is 72.6 Å². The minimum atomic E-state index is -3.43. The number of sulfonamides is 1. The molecule has 6 heteroatoms. The average Bonchev–Trinajstić information content (AvgIpc) is 2.34. The van der Waals surface area contributed by atoms with Gasteiger partial charge in [-0.2, -0.15) is 4.31 Å². The molecule has 0 unspecified atom stereocenters. The van der Waals surface area contributed by atoms with Gasteiger partial charge in [-0.1, -0.05) is 13.8 Å². The van der Waals surface area contributed by atoms with E-state index < -0.39 is 15.6 Å². The third kappa shape index (κ3) is 2.48. The zero-order valence-electron chi connectivity index (χ0n) is 11.5. The Morgan fingerprint density at radius 1 is 1.26 bits per heavy atom. The Morgan fingerprint density at radius 3 is 2.21 bits per heavy atom. The number of ether oxygens (including phenoxy) is 1. The molecule has 19 heavy (non-hydrogen) atoms. The fourth-order valence-electron chi connectivity index (χ4n) is 2.04. The summed E-state index contributed by atoms with van der Waals surface area (Å²) >= 11 is 0. The van der Waals surface area contributed by atoms with Gasteiger partial charge >= 0.3 is 0 Å². The summed E-state index contributed by atoms with van der Waals surface area (Å²) in [5.74, 6) is 0.896. The van der Waals surface area contributed by atoms with Crippen molar-refractivity contribution in [3.05, 3.63) is 24.3 Å². The van der Waals surface area contributed by atoms with Crippen LogP contribution in [0.15, 0.2) is 29.2 Å². The number of benzene rings is 1. The maximum absolute atomic E-state index is 12.4. The van der Waals surface area contributed by atoms with E-state index in [9.17, 15) is 8.42 Å². The molecule has 2 N–H and O–H groups in total. The fourth-order valence-corrected chi connectivity index (χ4v) is 3.64. The van der Waals surface area contributed by atoms with Gasteiger partial charge in [-0.15, -0.1) is 0 Å². The van der Waals surface area contributed by atoms with Crippen LogP contribution in [0, 0.1) is 5.92 Å². The van der Waals surface area contributed by atoms with Crippen LogP contribution in [0.1, 0.15) is 13.8 Å². The molecule has 1 aliphatic rings. The summed E-state index contributed by atoms with van der Waals surface area (Å²) in [6.07, 6.45) is 0. The Bertz CT molecular complexity index is 546. The van der Waals surface area contributed by atoms with Gasteiger partial charge in [0.1, 0.15) is 5.75 Å². The van der Waals surface area contributed by atoms with Crippen molar-refractivity contribution in [2.24, 2.45) is 11.7 Å². The Hall–Kier alpha value is -1.11. The second-order valence-corrected chi connectivity index (χ2v) is 7.27. The molecule has 1 saturated heterocycles. The number of nitrogens with zero attached hydrogens (tertiary/aromatic N) is 1. The highest BCUT2D eigenvalue weighted by atomic mass is 32.2. The van der Waals surface area contributed by atoms with Crippen LogP contribution in [-0.4, -0.2) is 38.5 Å². The highest BCUT2D eigenvalue weighted by Crippen LogP contribution is 2.31. The van der Waals surface area contributed by atoms with E-state index in [2.05, 4.69) is 0 Å². The molecule has 1 aliphatic heterocycles. The molecule has 0 aliphatic carbocycles.